The summed E-state index contributed by atoms with van der Waals surface area (Å²) < 4.78 is 6.63. The largest absolute Gasteiger partial charge is 0.419 e. The summed E-state index contributed by atoms with van der Waals surface area (Å²) in [7, 11) is 1.72. The first kappa shape index (κ1) is 10.4. The fraction of sp³-hybridized carbons (Fsp3) is 0.154. The van der Waals surface area contributed by atoms with E-state index >= 15 is 0 Å². The maximum absolute atomic E-state index is 11.4. The predicted molar refractivity (Wildman–Crippen MR) is 69.5 cm³/mol. The number of aromatic nitrogens is 1. The van der Waals surface area contributed by atoms with Crippen LogP contribution < -0.4 is 5.76 Å². The molecule has 0 aliphatic rings. The van der Waals surface area contributed by atoms with Crippen LogP contribution in [0, 0.1) is 6.92 Å². The molecule has 0 bridgehead atoms. The zero-order chi connectivity index (χ0) is 12.0. The third kappa shape index (κ3) is 1.61. The first-order valence-electron chi connectivity index (χ1n) is 5.31. The second kappa shape index (κ2) is 3.60. The minimum Gasteiger partial charge on any atom is -0.408 e. The van der Waals surface area contributed by atoms with Gasteiger partial charge >= 0.3 is 5.76 Å². The zero-order valence-electron chi connectivity index (χ0n) is 9.56. The van der Waals surface area contributed by atoms with Gasteiger partial charge in [0.2, 0.25) is 0 Å². The molecule has 0 aliphatic heterocycles. The number of aryl methyl sites for hydroxylation is 2. The van der Waals surface area contributed by atoms with Crippen LogP contribution in [0.2, 0.25) is 0 Å². The van der Waals surface area contributed by atoms with E-state index in [-0.39, 0.29) is 5.76 Å². The lowest BCUT2D eigenvalue weighted by Gasteiger charge is -1.98. The van der Waals surface area contributed by atoms with Crippen LogP contribution in [0.5, 0.6) is 0 Å². The second-order valence-corrected chi connectivity index (χ2v) is 5.31. The number of fused-ring (bicyclic) bond motifs is 1. The van der Waals surface area contributed by atoms with Crippen molar-refractivity contribution in [3.05, 3.63) is 45.8 Å². The van der Waals surface area contributed by atoms with Crippen molar-refractivity contribution < 1.29 is 4.42 Å². The summed E-state index contributed by atoms with van der Waals surface area (Å²) >= 11 is 1.74. The molecule has 86 valence electrons. The van der Waals surface area contributed by atoms with Crippen molar-refractivity contribution in [3.63, 3.8) is 0 Å². The molecule has 0 amide bonds. The van der Waals surface area contributed by atoms with Gasteiger partial charge in [0.1, 0.15) is 0 Å². The van der Waals surface area contributed by atoms with Crippen molar-refractivity contribution in [1.82, 2.24) is 4.57 Å². The van der Waals surface area contributed by atoms with E-state index in [4.69, 9.17) is 4.42 Å². The summed E-state index contributed by atoms with van der Waals surface area (Å²) in [5, 5.41) is 0. The number of benzene rings is 1. The highest BCUT2D eigenvalue weighted by molar-refractivity contribution is 7.15. The van der Waals surface area contributed by atoms with Gasteiger partial charge in [-0.15, -0.1) is 11.3 Å². The third-order valence-electron chi connectivity index (χ3n) is 2.82. The SMILES string of the molecule is Cc1ccc(-c2ccc3oc(=O)n(C)c3c2)s1. The number of oxazole rings is 1. The van der Waals surface area contributed by atoms with Crippen molar-refractivity contribution in [2.75, 3.05) is 0 Å². The molecule has 0 fully saturated rings. The van der Waals surface area contributed by atoms with Gasteiger partial charge in [-0.2, -0.15) is 0 Å². The number of rotatable bonds is 1. The molecule has 0 unspecified atom stereocenters. The number of nitrogens with zero attached hydrogens (tertiary/aromatic N) is 1. The fourth-order valence-corrected chi connectivity index (χ4v) is 2.73. The Hall–Kier alpha value is -1.81. The van der Waals surface area contributed by atoms with Crippen LogP contribution in [-0.4, -0.2) is 4.57 Å². The van der Waals surface area contributed by atoms with Gasteiger partial charge < -0.3 is 4.42 Å². The highest BCUT2D eigenvalue weighted by Gasteiger charge is 2.08. The molecule has 17 heavy (non-hydrogen) atoms. The van der Waals surface area contributed by atoms with Crippen LogP contribution in [0.15, 0.2) is 39.5 Å². The molecular weight excluding hydrogens is 234 g/mol. The van der Waals surface area contributed by atoms with E-state index in [1.807, 2.05) is 18.2 Å². The van der Waals surface area contributed by atoms with Crippen molar-refractivity contribution in [3.8, 4) is 10.4 Å². The zero-order valence-corrected chi connectivity index (χ0v) is 10.4. The van der Waals surface area contributed by atoms with Gasteiger partial charge in [0.25, 0.3) is 0 Å². The van der Waals surface area contributed by atoms with Crippen molar-refractivity contribution in [2.45, 2.75) is 6.92 Å². The molecule has 0 saturated carbocycles. The van der Waals surface area contributed by atoms with Crippen LogP contribution in [-0.2, 0) is 7.05 Å². The third-order valence-corrected chi connectivity index (χ3v) is 3.87. The Labute approximate surface area is 102 Å². The Morgan fingerprint density at radius 2 is 2.06 bits per heavy atom. The normalized spacial score (nSPS) is 11.2. The van der Waals surface area contributed by atoms with Crippen molar-refractivity contribution in [2.24, 2.45) is 7.05 Å². The lowest BCUT2D eigenvalue weighted by Crippen LogP contribution is -2.08. The molecule has 0 N–H and O–H groups in total. The number of hydrogen-bond donors (Lipinski definition) is 0. The Morgan fingerprint density at radius 1 is 1.24 bits per heavy atom. The molecule has 3 aromatic rings. The molecular formula is C13H11NO2S. The minimum atomic E-state index is -0.320. The van der Waals surface area contributed by atoms with Gasteiger partial charge in [-0.3, -0.25) is 4.57 Å². The first-order chi connectivity index (χ1) is 8.15. The van der Waals surface area contributed by atoms with Crippen LogP contribution in [0.25, 0.3) is 21.5 Å². The molecule has 0 saturated heterocycles. The lowest BCUT2D eigenvalue weighted by molar-refractivity contribution is 0.528. The Morgan fingerprint density at radius 3 is 2.76 bits per heavy atom. The lowest BCUT2D eigenvalue weighted by atomic mass is 10.2. The molecule has 0 radical (unpaired) electrons. The highest BCUT2D eigenvalue weighted by atomic mass is 32.1. The molecule has 2 heterocycles. The minimum absolute atomic E-state index is 0.320. The number of hydrogen-bond acceptors (Lipinski definition) is 3. The number of thiophene rings is 1. The van der Waals surface area contributed by atoms with E-state index in [0.29, 0.717) is 5.58 Å². The Kier molecular flexibility index (Phi) is 2.19. The molecule has 3 rings (SSSR count). The monoisotopic (exact) mass is 245 g/mol. The van der Waals surface area contributed by atoms with E-state index in [1.165, 1.54) is 14.3 Å². The molecule has 0 spiro atoms. The van der Waals surface area contributed by atoms with E-state index in [9.17, 15) is 4.79 Å². The van der Waals surface area contributed by atoms with Gasteiger partial charge in [-0.25, -0.2) is 4.79 Å². The van der Waals surface area contributed by atoms with Gasteiger partial charge in [0.05, 0.1) is 5.52 Å². The summed E-state index contributed by atoms with van der Waals surface area (Å²) in [6.07, 6.45) is 0. The van der Waals surface area contributed by atoms with Crippen LogP contribution in [0.4, 0.5) is 0 Å². The van der Waals surface area contributed by atoms with Crippen LogP contribution in [0.3, 0.4) is 0 Å². The average molecular weight is 245 g/mol. The molecule has 0 aliphatic carbocycles. The van der Waals surface area contributed by atoms with Crippen LogP contribution in [0.1, 0.15) is 4.88 Å². The fourth-order valence-electron chi connectivity index (χ4n) is 1.87. The molecule has 3 nitrogen and oxygen atoms in total. The average Bonchev–Trinajstić information content (AvgIpc) is 2.85. The van der Waals surface area contributed by atoms with E-state index < -0.39 is 0 Å². The molecule has 1 aromatic carbocycles. The maximum Gasteiger partial charge on any atom is 0.419 e. The highest BCUT2D eigenvalue weighted by Crippen LogP contribution is 2.29. The summed E-state index contributed by atoms with van der Waals surface area (Å²) in [6, 6.07) is 10.0. The molecule has 4 heteroatoms. The van der Waals surface area contributed by atoms with E-state index in [2.05, 4.69) is 19.1 Å². The summed E-state index contributed by atoms with van der Waals surface area (Å²) in [5.74, 6) is -0.320. The van der Waals surface area contributed by atoms with E-state index in [0.717, 1.165) is 11.1 Å². The van der Waals surface area contributed by atoms with Gasteiger partial charge in [-0.05, 0) is 42.8 Å². The summed E-state index contributed by atoms with van der Waals surface area (Å²) in [5.41, 5.74) is 2.58. The quantitative estimate of drug-likeness (QED) is 0.660. The second-order valence-electron chi connectivity index (χ2n) is 4.02. The molecule has 2 aromatic heterocycles. The van der Waals surface area contributed by atoms with E-state index in [1.54, 1.807) is 18.4 Å². The Bertz CT molecular complexity index is 748. The standard InChI is InChI=1S/C13H11NO2S/c1-8-3-6-12(17-8)9-4-5-11-10(7-9)14(2)13(15)16-11/h3-7H,1-2H3. The molecule has 0 atom stereocenters. The summed E-state index contributed by atoms with van der Waals surface area (Å²) in [6.45, 7) is 2.08. The maximum atomic E-state index is 11.4. The topological polar surface area (TPSA) is 35.1 Å². The summed E-state index contributed by atoms with van der Waals surface area (Å²) in [4.78, 5) is 13.9. The smallest absolute Gasteiger partial charge is 0.408 e. The van der Waals surface area contributed by atoms with Gasteiger partial charge in [-0.1, -0.05) is 0 Å². The first-order valence-corrected chi connectivity index (χ1v) is 6.13. The van der Waals surface area contributed by atoms with Crippen LogP contribution >= 0.6 is 11.3 Å². The van der Waals surface area contributed by atoms with Crippen molar-refractivity contribution in [1.29, 1.82) is 0 Å². The Balaban J connectivity index is 2.25. The van der Waals surface area contributed by atoms with Gasteiger partial charge in [0.15, 0.2) is 5.58 Å². The van der Waals surface area contributed by atoms with Crippen molar-refractivity contribution >= 4 is 22.4 Å². The predicted octanol–water partition coefficient (Wildman–Crippen LogP) is 3.17. The van der Waals surface area contributed by atoms with Gasteiger partial charge in [0, 0.05) is 16.8 Å².